The minimum Gasteiger partial charge on any atom is -0.459 e. The van der Waals surface area contributed by atoms with Gasteiger partial charge in [0.15, 0.2) is 5.76 Å². The van der Waals surface area contributed by atoms with Crippen molar-refractivity contribution in [3.8, 4) is 0 Å². The molecule has 130 valence electrons. The minimum absolute atomic E-state index is 0. The highest BCUT2D eigenvalue weighted by molar-refractivity contribution is 5.96. The van der Waals surface area contributed by atoms with Gasteiger partial charge in [-0.05, 0) is 44.0 Å². The summed E-state index contributed by atoms with van der Waals surface area (Å²) < 4.78 is 5.11. The molecule has 24 heavy (non-hydrogen) atoms. The van der Waals surface area contributed by atoms with Gasteiger partial charge >= 0.3 is 0 Å². The second-order valence-corrected chi connectivity index (χ2v) is 5.37. The number of carbonyl (C=O) groups excluding carboxylic acids is 2. The van der Waals surface area contributed by atoms with Crippen LogP contribution in [-0.4, -0.2) is 24.9 Å². The van der Waals surface area contributed by atoms with Gasteiger partial charge in [-0.2, -0.15) is 0 Å². The summed E-state index contributed by atoms with van der Waals surface area (Å²) in [5, 5.41) is 5.57. The first kappa shape index (κ1) is 19.6. The lowest BCUT2D eigenvalue weighted by molar-refractivity contribution is 0.0924. The Morgan fingerprint density at radius 3 is 2.33 bits per heavy atom. The van der Waals surface area contributed by atoms with E-state index in [-0.39, 0.29) is 24.2 Å². The first-order chi connectivity index (χ1) is 11.0. The lowest BCUT2D eigenvalue weighted by Crippen LogP contribution is -2.30. The van der Waals surface area contributed by atoms with Crippen molar-refractivity contribution in [2.75, 3.05) is 18.8 Å². The molecule has 4 N–H and O–H groups in total. The molecule has 1 aromatic carbocycles. The third-order valence-corrected chi connectivity index (χ3v) is 3.50. The van der Waals surface area contributed by atoms with E-state index in [1.165, 1.54) is 6.26 Å². The van der Waals surface area contributed by atoms with Gasteiger partial charge in [-0.25, -0.2) is 0 Å². The highest BCUT2D eigenvalue weighted by Crippen LogP contribution is 2.12. The molecule has 2 aromatic rings. The van der Waals surface area contributed by atoms with Crippen molar-refractivity contribution in [2.24, 2.45) is 0 Å². The van der Waals surface area contributed by atoms with Gasteiger partial charge in [-0.15, -0.1) is 12.4 Å². The van der Waals surface area contributed by atoms with Crippen molar-refractivity contribution in [3.05, 3.63) is 53.0 Å². The monoisotopic (exact) mass is 351 g/mol. The molecule has 0 saturated carbocycles. The quantitative estimate of drug-likeness (QED) is 0.550. The Kier molecular flexibility index (Phi) is 7.32. The van der Waals surface area contributed by atoms with Gasteiger partial charge in [0.25, 0.3) is 11.8 Å². The molecule has 0 aliphatic rings. The normalized spacial score (nSPS) is 9.92. The second-order valence-electron chi connectivity index (χ2n) is 5.37. The Labute approximate surface area is 147 Å². The van der Waals surface area contributed by atoms with Gasteiger partial charge in [-0.1, -0.05) is 6.07 Å². The maximum atomic E-state index is 12.1. The van der Waals surface area contributed by atoms with Crippen LogP contribution in [0.3, 0.4) is 0 Å². The van der Waals surface area contributed by atoms with Crippen LogP contribution in [0.1, 0.15) is 38.5 Å². The number of rotatable bonds is 6. The van der Waals surface area contributed by atoms with Crippen molar-refractivity contribution in [2.45, 2.75) is 20.3 Å². The smallest absolute Gasteiger partial charge is 0.287 e. The summed E-state index contributed by atoms with van der Waals surface area (Å²) >= 11 is 0. The van der Waals surface area contributed by atoms with Crippen LogP contribution >= 0.6 is 12.4 Å². The molecule has 0 aliphatic carbocycles. The average Bonchev–Trinajstić information content (AvgIpc) is 2.95. The Balaban J connectivity index is 0.00000288. The molecule has 2 amide bonds. The van der Waals surface area contributed by atoms with E-state index in [0.717, 1.165) is 11.1 Å². The summed E-state index contributed by atoms with van der Waals surface area (Å²) in [6.45, 7) is 4.59. The molecular weight excluding hydrogens is 330 g/mol. The van der Waals surface area contributed by atoms with Crippen LogP contribution in [0.15, 0.2) is 34.9 Å². The molecule has 0 aliphatic heterocycles. The molecule has 0 radical (unpaired) electrons. The number of nitrogens with one attached hydrogen (secondary N) is 2. The number of aryl methyl sites for hydroxylation is 2. The van der Waals surface area contributed by atoms with Gasteiger partial charge in [0.1, 0.15) is 0 Å². The van der Waals surface area contributed by atoms with E-state index in [0.29, 0.717) is 36.5 Å². The minimum atomic E-state index is -0.245. The summed E-state index contributed by atoms with van der Waals surface area (Å²) in [6.07, 6.45) is 2.11. The van der Waals surface area contributed by atoms with Gasteiger partial charge in [0.05, 0.1) is 6.26 Å². The lowest BCUT2D eigenvalue weighted by atomic mass is 10.1. The van der Waals surface area contributed by atoms with Crippen molar-refractivity contribution in [1.29, 1.82) is 0 Å². The SMILES string of the molecule is Cc1ccc(N)cc1C(=O)NCCCNC(=O)c1occc1C.Cl. The number of furan rings is 1. The maximum absolute atomic E-state index is 12.1. The summed E-state index contributed by atoms with van der Waals surface area (Å²) in [5.74, 6) is -0.0852. The van der Waals surface area contributed by atoms with Crippen LogP contribution in [0.5, 0.6) is 0 Å². The Bertz CT molecular complexity index is 713. The molecule has 0 fully saturated rings. The molecule has 7 heteroatoms. The number of nitrogen functional groups attached to an aromatic ring is 1. The summed E-state index contributed by atoms with van der Waals surface area (Å²) in [7, 11) is 0. The number of anilines is 1. The number of halogens is 1. The summed E-state index contributed by atoms with van der Waals surface area (Å²) in [6, 6.07) is 6.98. The fraction of sp³-hybridized carbons (Fsp3) is 0.294. The second kappa shape index (κ2) is 8.98. The van der Waals surface area contributed by atoms with Crippen molar-refractivity contribution < 1.29 is 14.0 Å². The van der Waals surface area contributed by atoms with Crippen LogP contribution in [0.4, 0.5) is 5.69 Å². The summed E-state index contributed by atoms with van der Waals surface area (Å²) in [4.78, 5) is 23.9. The first-order valence-corrected chi connectivity index (χ1v) is 7.45. The number of amides is 2. The third kappa shape index (κ3) is 5.03. The van der Waals surface area contributed by atoms with E-state index < -0.39 is 0 Å². The molecule has 0 atom stereocenters. The third-order valence-electron chi connectivity index (χ3n) is 3.50. The number of hydrogen-bond donors (Lipinski definition) is 3. The lowest BCUT2D eigenvalue weighted by Gasteiger charge is -2.09. The number of benzene rings is 1. The number of carbonyl (C=O) groups is 2. The van der Waals surface area contributed by atoms with Crippen LogP contribution < -0.4 is 16.4 Å². The molecular formula is C17H22ClN3O3. The molecule has 2 rings (SSSR count). The van der Waals surface area contributed by atoms with Gasteiger partial charge in [0.2, 0.25) is 0 Å². The van der Waals surface area contributed by atoms with Crippen LogP contribution in [-0.2, 0) is 0 Å². The van der Waals surface area contributed by atoms with Crippen LogP contribution in [0, 0.1) is 13.8 Å². The zero-order valence-electron chi connectivity index (χ0n) is 13.7. The molecule has 0 unspecified atom stereocenters. The van der Waals surface area contributed by atoms with E-state index in [1.807, 2.05) is 19.9 Å². The fourth-order valence-corrected chi connectivity index (χ4v) is 2.16. The van der Waals surface area contributed by atoms with Gasteiger partial charge < -0.3 is 20.8 Å². The van der Waals surface area contributed by atoms with Crippen molar-refractivity contribution >= 4 is 29.9 Å². The molecule has 0 saturated heterocycles. The van der Waals surface area contributed by atoms with Crippen LogP contribution in [0.25, 0.3) is 0 Å². The van der Waals surface area contributed by atoms with E-state index in [9.17, 15) is 9.59 Å². The van der Waals surface area contributed by atoms with Gasteiger partial charge in [0, 0.05) is 29.9 Å². The highest BCUT2D eigenvalue weighted by atomic mass is 35.5. The van der Waals surface area contributed by atoms with E-state index >= 15 is 0 Å². The molecule has 6 nitrogen and oxygen atoms in total. The van der Waals surface area contributed by atoms with Crippen LogP contribution in [0.2, 0.25) is 0 Å². The van der Waals surface area contributed by atoms with Crippen molar-refractivity contribution in [1.82, 2.24) is 10.6 Å². The topological polar surface area (TPSA) is 97.4 Å². The van der Waals surface area contributed by atoms with E-state index in [1.54, 1.807) is 18.2 Å². The van der Waals surface area contributed by atoms with Gasteiger partial charge in [-0.3, -0.25) is 9.59 Å². The molecule has 0 spiro atoms. The fourth-order valence-electron chi connectivity index (χ4n) is 2.16. The zero-order chi connectivity index (χ0) is 16.8. The predicted molar refractivity (Wildman–Crippen MR) is 95.6 cm³/mol. The molecule has 1 aromatic heterocycles. The maximum Gasteiger partial charge on any atom is 0.287 e. The highest BCUT2D eigenvalue weighted by Gasteiger charge is 2.12. The average molecular weight is 352 g/mol. The first-order valence-electron chi connectivity index (χ1n) is 7.45. The zero-order valence-corrected chi connectivity index (χ0v) is 14.5. The number of hydrogen-bond acceptors (Lipinski definition) is 4. The molecule has 0 bridgehead atoms. The standard InChI is InChI=1S/C17H21N3O3.ClH/c1-11-4-5-13(18)10-14(11)16(21)19-7-3-8-20-17(22)15-12(2)6-9-23-15;/h4-6,9-10H,3,7-8,18H2,1-2H3,(H,19,21)(H,20,22);1H. The summed E-state index contributed by atoms with van der Waals surface area (Å²) in [5.41, 5.74) is 8.50. The van der Waals surface area contributed by atoms with E-state index in [4.69, 9.17) is 10.2 Å². The predicted octanol–water partition coefficient (Wildman–Crippen LogP) is 2.45. The van der Waals surface area contributed by atoms with Crippen molar-refractivity contribution in [3.63, 3.8) is 0 Å². The van der Waals surface area contributed by atoms with E-state index in [2.05, 4.69) is 10.6 Å². The Morgan fingerprint density at radius 1 is 1.04 bits per heavy atom. The largest absolute Gasteiger partial charge is 0.459 e. The Morgan fingerprint density at radius 2 is 1.71 bits per heavy atom. The molecule has 1 heterocycles. The number of nitrogens with two attached hydrogens (primary N) is 1. The Hall–Kier alpha value is -2.47.